The number of hydrogen-bond donors (Lipinski definition) is 0. The van der Waals surface area contributed by atoms with E-state index in [0.717, 1.165) is 83.0 Å². The van der Waals surface area contributed by atoms with E-state index in [1.807, 2.05) is 23.5 Å². The lowest BCUT2D eigenvalue weighted by atomic mass is 10.00. The second kappa shape index (κ2) is 12.2. The van der Waals surface area contributed by atoms with E-state index in [1.54, 1.807) is 0 Å². The van der Waals surface area contributed by atoms with E-state index < -0.39 is 0 Å². The van der Waals surface area contributed by atoms with Crippen LogP contribution in [0.2, 0.25) is 0 Å². The van der Waals surface area contributed by atoms with Crippen molar-refractivity contribution in [1.82, 2.24) is 0 Å². The monoisotopic (exact) mass is 733 g/mol. The molecule has 0 aliphatic rings. The molecule has 3 heterocycles. The second-order valence-corrected chi connectivity index (χ2v) is 15.5. The standard InChI is InChI=1S/C52H31NO2S/c1-2-11-32(12-3-1)38-15-6-8-19-45(38)53(36-23-21-33(22-24-36)39-17-10-18-41-40-16-7-9-20-46(40)54-51(39)41)37-25-27-48-44(31-37)50-49(56-48)28-26-42-43-29-34-13-4-5-14-35(34)30-47(43)55-52(42)50/h1-31H. The third-order valence-electron chi connectivity index (χ3n) is 11.3. The number of benzene rings is 9. The molecule has 0 aliphatic carbocycles. The van der Waals surface area contributed by atoms with Gasteiger partial charge < -0.3 is 13.7 Å². The van der Waals surface area contributed by atoms with Crippen molar-refractivity contribution in [2.45, 2.75) is 0 Å². The minimum Gasteiger partial charge on any atom is -0.455 e. The summed E-state index contributed by atoms with van der Waals surface area (Å²) in [6.45, 7) is 0. The highest BCUT2D eigenvalue weighted by molar-refractivity contribution is 7.26. The van der Waals surface area contributed by atoms with Crippen molar-refractivity contribution in [2.24, 2.45) is 0 Å². The van der Waals surface area contributed by atoms with Gasteiger partial charge in [0.15, 0.2) is 0 Å². The minimum absolute atomic E-state index is 0.903. The SMILES string of the molecule is c1ccc(-c2ccccc2N(c2ccc(-c3cccc4c3oc3ccccc34)cc2)c2ccc3sc4ccc5c6cc7ccccc7cc6oc5c4c3c2)cc1. The van der Waals surface area contributed by atoms with Gasteiger partial charge in [0.05, 0.1) is 5.69 Å². The van der Waals surface area contributed by atoms with Crippen LogP contribution in [0.1, 0.15) is 0 Å². The van der Waals surface area contributed by atoms with Crippen LogP contribution in [0.3, 0.4) is 0 Å². The first kappa shape index (κ1) is 31.2. The van der Waals surface area contributed by atoms with Crippen LogP contribution in [-0.2, 0) is 0 Å². The van der Waals surface area contributed by atoms with Crippen molar-refractivity contribution in [2.75, 3.05) is 4.90 Å². The number of thiophene rings is 1. The van der Waals surface area contributed by atoms with Crippen LogP contribution in [0.4, 0.5) is 17.1 Å². The Morgan fingerprint density at radius 1 is 0.375 bits per heavy atom. The summed E-state index contributed by atoms with van der Waals surface area (Å²) in [6, 6.07) is 67.2. The van der Waals surface area contributed by atoms with Gasteiger partial charge in [0.25, 0.3) is 0 Å². The van der Waals surface area contributed by atoms with Gasteiger partial charge in [-0.25, -0.2) is 0 Å². The molecule has 0 radical (unpaired) electrons. The van der Waals surface area contributed by atoms with Gasteiger partial charge in [0.2, 0.25) is 0 Å². The number of anilines is 3. The van der Waals surface area contributed by atoms with Gasteiger partial charge in [0, 0.05) is 64.2 Å². The predicted molar refractivity (Wildman–Crippen MR) is 237 cm³/mol. The van der Waals surface area contributed by atoms with E-state index in [4.69, 9.17) is 8.83 Å². The van der Waals surface area contributed by atoms with E-state index in [0.29, 0.717) is 0 Å². The molecule has 262 valence electrons. The molecule has 0 N–H and O–H groups in total. The van der Waals surface area contributed by atoms with Gasteiger partial charge >= 0.3 is 0 Å². The van der Waals surface area contributed by atoms with Crippen molar-refractivity contribution in [1.29, 1.82) is 0 Å². The van der Waals surface area contributed by atoms with Gasteiger partial charge in [-0.1, -0.05) is 121 Å². The minimum atomic E-state index is 0.903. The summed E-state index contributed by atoms with van der Waals surface area (Å²) in [4.78, 5) is 2.39. The van der Waals surface area contributed by atoms with Crippen molar-refractivity contribution in [3.63, 3.8) is 0 Å². The predicted octanol–water partition coefficient (Wildman–Crippen LogP) is 15.8. The van der Waals surface area contributed by atoms with E-state index in [2.05, 4.69) is 181 Å². The summed E-state index contributed by atoms with van der Waals surface area (Å²) in [5, 5.41) is 9.30. The second-order valence-electron chi connectivity index (χ2n) is 14.4. The first-order valence-corrected chi connectivity index (χ1v) is 19.7. The van der Waals surface area contributed by atoms with Crippen LogP contribution in [0.25, 0.3) is 97.1 Å². The molecule has 0 bridgehead atoms. The van der Waals surface area contributed by atoms with Crippen molar-refractivity contribution < 1.29 is 8.83 Å². The number of para-hydroxylation sites is 3. The third kappa shape index (κ3) is 4.76. The molecule has 0 saturated heterocycles. The Bertz CT molecular complexity index is 3480. The van der Waals surface area contributed by atoms with Crippen LogP contribution in [0, 0.1) is 0 Å². The fourth-order valence-corrected chi connectivity index (χ4v) is 9.71. The molecular weight excluding hydrogens is 703 g/mol. The first-order valence-electron chi connectivity index (χ1n) is 18.9. The third-order valence-corrected chi connectivity index (χ3v) is 12.4. The average Bonchev–Trinajstić information content (AvgIpc) is 3.94. The smallest absolute Gasteiger partial charge is 0.144 e. The van der Waals surface area contributed by atoms with Crippen LogP contribution in [0.15, 0.2) is 197 Å². The summed E-state index contributed by atoms with van der Waals surface area (Å²) in [5.74, 6) is 0. The highest BCUT2D eigenvalue weighted by Gasteiger charge is 2.21. The summed E-state index contributed by atoms with van der Waals surface area (Å²) >= 11 is 1.82. The van der Waals surface area contributed by atoms with Crippen molar-refractivity contribution >= 4 is 103 Å². The van der Waals surface area contributed by atoms with Crippen molar-refractivity contribution in [3.05, 3.63) is 188 Å². The highest BCUT2D eigenvalue weighted by Crippen LogP contribution is 2.47. The fourth-order valence-electron chi connectivity index (χ4n) is 8.63. The molecule has 0 saturated carbocycles. The van der Waals surface area contributed by atoms with E-state index >= 15 is 0 Å². The summed E-state index contributed by atoms with van der Waals surface area (Å²) in [6.07, 6.45) is 0. The molecule has 0 atom stereocenters. The molecule has 4 heteroatoms. The largest absolute Gasteiger partial charge is 0.455 e. The number of nitrogens with zero attached hydrogens (tertiary/aromatic N) is 1. The molecule has 12 rings (SSSR count). The highest BCUT2D eigenvalue weighted by atomic mass is 32.1. The van der Waals surface area contributed by atoms with Crippen LogP contribution < -0.4 is 4.90 Å². The molecule has 56 heavy (non-hydrogen) atoms. The average molecular weight is 734 g/mol. The number of hydrogen-bond acceptors (Lipinski definition) is 4. The van der Waals surface area contributed by atoms with Gasteiger partial charge in [-0.2, -0.15) is 0 Å². The lowest BCUT2D eigenvalue weighted by Crippen LogP contribution is -2.11. The molecule has 3 aromatic heterocycles. The van der Waals surface area contributed by atoms with Crippen LogP contribution in [-0.4, -0.2) is 0 Å². The topological polar surface area (TPSA) is 29.5 Å². The van der Waals surface area contributed by atoms with Crippen molar-refractivity contribution in [3.8, 4) is 22.3 Å². The maximum absolute atomic E-state index is 6.78. The first-order chi connectivity index (χ1) is 27.7. The molecule has 12 aromatic rings. The number of furan rings is 2. The Labute approximate surface area is 325 Å². The summed E-state index contributed by atoms with van der Waals surface area (Å²) in [5.41, 5.74) is 11.4. The molecular formula is C52H31NO2S. The lowest BCUT2D eigenvalue weighted by Gasteiger charge is -2.28. The van der Waals surface area contributed by atoms with E-state index in [-0.39, 0.29) is 0 Å². The van der Waals surface area contributed by atoms with Gasteiger partial charge in [0.1, 0.15) is 22.3 Å². The fraction of sp³-hybridized carbons (Fsp3) is 0. The molecule has 9 aromatic carbocycles. The zero-order chi connectivity index (χ0) is 36.7. The van der Waals surface area contributed by atoms with Gasteiger partial charge in [-0.05, 0) is 88.6 Å². The van der Waals surface area contributed by atoms with Crippen LogP contribution in [0.5, 0.6) is 0 Å². The molecule has 0 fully saturated rings. The summed E-state index contributed by atoms with van der Waals surface area (Å²) in [7, 11) is 0. The normalized spacial score (nSPS) is 11.9. The molecule has 0 amide bonds. The Hall–Kier alpha value is -7.14. The zero-order valence-electron chi connectivity index (χ0n) is 30.1. The van der Waals surface area contributed by atoms with E-state index in [1.165, 1.54) is 31.1 Å². The van der Waals surface area contributed by atoms with Crippen LogP contribution >= 0.6 is 11.3 Å². The lowest BCUT2D eigenvalue weighted by molar-refractivity contribution is 0.670. The molecule has 0 aliphatic heterocycles. The summed E-state index contributed by atoms with van der Waals surface area (Å²) < 4.78 is 15.7. The Morgan fingerprint density at radius 2 is 1.04 bits per heavy atom. The quantitative estimate of drug-likeness (QED) is 0.176. The zero-order valence-corrected chi connectivity index (χ0v) is 30.9. The van der Waals surface area contributed by atoms with E-state index in [9.17, 15) is 0 Å². The number of rotatable bonds is 5. The maximum atomic E-state index is 6.78. The van der Waals surface area contributed by atoms with Gasteiger partial charge in [-0.3, -0.25) is 0 Å². The maximum Gasteiger partial charge on any atom is 0.144 e. The molecule has 0 unspecified atom stereocenters. The Balaban J connectivity index is 1.06. The Kier molecular flexibility index (Phi) is 6.80. The van der Waals surface area contributed by atoms with Gasteiger partial charge in [-0.15, -0.1) is 11.3 Å². The Morgan fingerprint density at radius 3 is 1.93 bits per heavy atom. The molecule has 3 nitrogen and oxygen atoms in total. The molecule has 0 spiro atoms. The number of fused-ring (bicyclic) bond motifs is 11.